The zero-order chi connectivity index (χ0) is 24.1. The Bertz CT molecular complexity index is 1410. The lowest BCUT2D eigenvalue weighted by atomic mass is 10.1. The van der Waals surface area contributed by atoms with Gasteiger partial charge in [-0.1, -0.05) is 0 Å². The summed E-state index contributed by atoms with van der Waals surface area (Å²) in [6.45, 7) is 5.77. The summed E-state index contributed by atoms with van der Waals surface area (Å²) in [6.07, 6.45) is 5.11. The minimum Gasteiger partial charge on any atom is -0.493 e. The molecule has 2 heterocycles. The fourth-order valence-corrected chi connectivity index (χ4v) is 4.10. The maximum Gasteiger partial charge on any atom is 0.339 e. The van der Waals surface area contributed by atoms with Crippen LogP contribution in [0.5, 0.6) is 11.5 Å². The van der Waals surface area contributed by atoms with Gasteiger partial charge in [-0.25, -0.2) is 4.79 Å². The van der Waals surface area contributed by atoms with Crippen molar-refractivity contribution in [3.8, 4) is 17.6 Å². The predicted octanol–water partition coefficient (Wildman–Crippen LogP) is 4.76. The maximum absolute atomic E-state index is 11.9. The number of nitriles is 1. The van der Waals surface area contributed by atoms with Crippen molar-refractivity contribution in [1.29, 1.82) is 5.26 Å². The molecule has 0 unspecified atom stereocenters. The lowest BCUT2D eigenvalue weighted by Crippen LogP contribution is -2.22. The summed E-state index contributed by atoms with van der Waals surface area (Å²) in [7, 11) is 1.57. The Morgan fingerprint density at radius 1 is 1.06 bits per heavy atom. The number of methoxy groups -OCH3 is 1. The van der Waals surface area contributed by atoms with Gasteiger partial charge in [-0.05, 0) is 75.0 Å². The average Bonchev–Trinajstić information content (AvgIpc) is 3.26. The van der Waals surface area contributed by atoms with E-state index in [0.29, 0.717) is 41.4 Å². The second-order valence-corrected chi connectivity index (χ2v) is 8.38. The van der Waals surface area contributed by atoms with Crippen molar-refractivity contribution in [3.63, 3.8) is 0 Å². The third kappa shape index (κ3) is 4.92. The van der Waals surface area contributed by atoms with Crippen molar-refractivity contribution in [2.45, 2.75) is 33.1 Å². The first-order chi connectivity index (χ1) is 16.5. The van der Waals surface area contributed by atoms with Gasteiger partial charge in [-0.15, -0.1) is 0 Å². The number of aryl methyl sites for hydroxylation is 2. The molecule has 0 spiro atoms. The molecule has 0 amide bonds. The molecule has 7 nitrogen and oxygen atoms in total. The van der Waals surface area contributed by atoms with Crippen molar-refractivity contribution in [2.75, 3.05) is 26.8 Å². The van der Waals surface area contributed by atoms with E-state index in [-0.39, 0.29) is 5.63 Å². The Hall–Kier alpha value is -3.76. The fraction of sp³-hybridized carbons (Fsp3) is 0.333. The molecule has 2 N–H and O–H groups in total. The molecule has 34 heavy (non-hydrogen) atoms. The Labute approximate surface area is 198 Å². The smallest absolute Gasteiger partial charge is 0.339 e. The molecule has 0 saturated heterocycles. The number of nitrogens with zero attached hydrogens (tertiary/aromatic N) is 1. The SMILES string of the molecule is COc1cc2oc(=O)c(C)c(C)c2cc1OCCNCCCCc1c[nH]c2ccc(C#N)cc12. The number of unbranched alkanes of at least 4 members (excludes halogenated alkanes) is 1. The molecule has 4 rings (SSSR count). The molecule has 7 heteroatoms. The van der Waals surface area contributed by atoms with E-state index in [9.17, 15) is 4.79 Å². The van der Waals surface area contributed by atoms with Crippen LogP contribution in [0.4, 0.5) is 0 Å². The van der Waals surface area contributed by atoms with Crippen molar-refractivity contribution in [2.24, 2.45) is 0 Å². The van der Waals surface area contributed by atoms with E-state index < -0.39 is 0 Å². The van der Waals surface area contributed by atoms with E-state index in [4.69, 9.17) is 19.2 Å². The van der Waals surface area contributed by atoms with Gasteiger partial charge in [0.25, 0.3) is 0 Å². The Morgan fingerprint density at radius 3 is 2.71 bits per heavy atom. The molecule has 2 aromatic carbocycles. The van der Waals surface area contributed by atoms with Gasteiger partial charge >= 0.3 is 5.63 Å². The Balaban J connectivity index is 1.24. The highest BCUT2D eigenvalue weighted by molar-refractivity contribution is 5.85. The zero-order valence-corrected chi connectivity index (χ0v) is 19.8. The number of rotatable bonds is 10. The van der Waals surface area contributed by atoms with Crippen LogP contribution in [-0.2, 0) is 6.42 Å². The van der Waals surface area contributed by atoms with Gasteiger partial charge in [0.2, 0.25) is 0 Å². The van der Waals surface area contributed by atoms with Gasteiger partial charge in [-0.2, -0.15) is 5.26 Å². The van der Waals surface area contributed by atoms with Crippen LogP contribution in [0.3, 0.4) is 0 Å². The molecular formula is C27H29N3O4. The molecule has 0 atom stereocenters. The molecule has 0 bridgehead atoms. The largest absolute Gasteiger partial charge is 0.493 e. The van der Waals surface area contributed by atoms with E-state index in [1.54, 1.807) is 20.1 Å². The number of fused-ring (bicyclic) bond motifs is 2. The van der Waals surface area contributed by atoms with Crippen LogP contribution in [-0.4, -0.2) is 31.8 Å². The summed E-state index contributed by atoms with van der Waals surface area (Å²) in [4.78, 5) is 15.2. The van der Waals surface area contributed by atoms with E-state index in [0.717, 1.165) is 47.7 Å². The number of nitrogens with one attached hydrogen (secondary N) is 2. The average molecular weight is 460 g/mol. The molecule has 176 valence electrons. The highest BCUT2D eigenvalue weighted by atomic mass is 16.5. The van der Waals surface area contributed by atoms with Crippen LogP contribution >= 0.6 is 0 Å². The zero-order valence-electron chi connectivity index (χ0n) is 19.8. The number of benzene rings is 2. The Morgan fingerprint density at radius 2 is 1.91 bits per heavy atom. The third-order valence-electron chi connectivity index (χ3n) is 6.22. The van der Waals surface area contributed by atoms with Crippen LogP contribution in [0, 0.1) is 25.2 Å². The van der Waals surface area contributed by atoms with Crippen molar-refractivity contribution < 1.29 is 13.9 Å². The number of aromatic nitrogens is 1. The molecule has 4 aromatic rings. The lowest BCUT2D eigenvalue weighted by Gasteiger charge is -2.13. The first-order valence-corrected chi connectivity index (χ1v) is 11.5. The van der Waals surface area contributed by atoms with Gasteiger partial charge in [0, 0.05) is 40.7 Å². The Kier molecular flexibility index (Phi) is 7.19. The number of hydrogen-bond acceptors (Lipinski definition) is 6. The summed E-state index contributed by atoms with van der Waals surface area (Å²) in [5, 5.41) is 14.5. The first-order valence-electron chi connectivity index (χ1n) is 11.5. The molecule has 0 fully saturated rings. The van der Waals surface area contributed by atoms with Gasteiger partial charge in [-0.3, -0.25) is 0 Å². The minimum absolute atomic E-state index is 0.332. The monoisotopic (exact) mass is 459 g/mol. The van der Waals surface area contributed by atoms with Gasteiger partial charge in [0.15, 0.2) is 11.5 Å². The van der Waals surface area contributed by atoms with Crippen LogP contribution < -0.4 is 20.4 Å². The van der Waals surface area contributed by atoms with E-state index in [1.807, 2.05) is 37.4 Å². The number of ether oxygens (including phenoxy) is 2. The molecule has 0 aliphatic carbocycles. The minimum atomic E-state index is -0.332. The van der Waals surface area contributed by atoms with Crippen LogP contribution in [0.25, 0.3) is 21.9 Å². The van der Waals surface area contributed by atoms with Crippen LogP contribution in [0.15, 0.2) is 45.7 Å². The van der Waals surface area contributed by atoms with Crippen molar-refractivity contribution >= 4 is 21.9 Å². The second kappa shape index (κ2) is 10.4. The van der Waals surface area contributed by atoms with E-state index in [1.165, 1.54) is 5.56 Å². The van der Waals surface area contributed by atoms with Gasteiger partial charge in [0.05, 0.1) is 18.7 Å². The predicted molar refractivity (Wildman–Crippen MR) is 133 cm³/mol. The van der Waals surface area contributed by atoms with Crippen molar-refractivity contribution in [3.05, 3.63) is 69.2 Å². The summed E-state index contributed by atoms with van der Waals surface area (Å²) < 4.78 is 16.8. The highest BCUT2D eigenvalue weighted by Gasteiger charge is 2.13. The first kappa shape index (κ1) is 23.4. The molecule has 0 aliphatic heterocycles. The summed E-state index contributed by atoms with van der Waals surface area (Å²) in [5.41, 5.74) is 4.66. The quantitative estimate of drug-likeness (QED) is 0.262. The molecular weight excluding hydrogens is 430 g/mol. The fourth-order valence-electron chi connectivity index (χ4n) is 4.10. The van der Waals surface area contributed by atoms with E-state index in [2.05, 4.69) is 16.4 Å². The molecule has 0 saturated carbocycles. The maximum atomic E-state index is 11.9. The lowest BCUT2D eigenvalue weighted by molar-refractivity contribution is 0.292. The molecule has 2 aromatic heterocycles. The van der Waals surface area contributed by atoms with E-state index >= 15 is 0 Å². The number of hydrogen-bond donors (Lipinski definition) is 2. The van der Waals surface area contributed by atoms with Crippen LogP contribution in [0.1, 0.15) is 35.1 Å². The number of aromatic amines is 1. The summed E-state index contributed by atoms with van der Waals surface area (Å²) >= 11 is 0. The standard InChI is InChI=1S/C27H29N3O4/c1-17-18(2)27(31)34-24-14-25(32-3)26(13-21(17)24)33-11-10-29-9-5-4-6-20-16-30-23-8-7-19(15-28)12-22(20)23/h7-8,12-14,16,29-30H,4-6,9-11H2,1-3H3. The van der Waals surface area contributed by atoms with Crippen molar-refractivity contribution in [1.82, 2.24) is 10.3 Å². The molecule has 0 aliphatic rings. The summed E-state index contributed by atoms with van der Waals surface area (Å²) in [5.74, 6) is 1.17. The summed E-state index contributed by atoms with van der Waals surface area (Å²) in [6, 6.07) is 11.5. The number of H-pyrrole nitrogens is 1. The topological polar surface area (TPSA) is 100 Å². The third-order valence-corrected chi connectivity index (χ3v) is 6.22. The normalized spacial score (nSPS) is 11.1. The second-order valence-electron chi connectivity index (χ2n) is 8.38. The highest BCUT2D eigenvalue weighted by Crippen LogP contribution is 2.33. The van der Waals surface area contributed by atoms with Crippen LogP contribution in [0.2, 0.25) is 0 Å². The molecule has 0 radical (unpaired) electrons. The van der Waals surface area contributed by atoms with Gasteiger partial charge in [0.1, 0.15) is 12.2 Å². The van der Waals surface area contributed by atoms with Gasteiger partial charge < -0.3 is 24.2 Å².